The Morgan fingerprint density at radius 1 is 0.722 bits per heavy atom. The van der Waals surface area contributed by atoms with Crippen LogP contribution in [0.15, 0.2) is 91.4 Å². The normalized spacial score (nSPS) is 14.1. The maximum absolute atomic E-state index is 5.04. The number of nitrogens with zero attached hydrogens (tertiary/aromatic N) is 5. The van der Waals surface area contributed by atoms with E-state index in [-0.39, 0.29) is 5.41 Å². The molecule has 0 radical (unpaired) electrons. The number of hydrogen-bond donors (Lipinski definition) is 0. The minimum atomic E-state index is -0.185. The molecule has 1 aliphatic carbocycles. The average Bonchev–Trinajstić information content (AvgIpc) is 3.38. The van der Waals surface area contributed by atoms with Gasteiger partial charge in [0.25, 0.3) is 0 Å². The second-order valence-corrected chi connectivity index (χ2v) is 10.0. The molecule has 4 aromatic carbocycles. The van der Waals surface area contributed by atoms with Gasteiger partial charge in [0.15, 0.2) is 0 Å². The van der Waals surface area contributed by atoms with Crippen molar-refractivity contribution in [3.8, 4) is 17.1 Å². The van der Waals surface area contributed by atoms with E-state index in [9.17, 15) is 0 Å². The molecule has 3 heterocycles. The molecule has 0 aliphatic heterocycles. The van der Waals surface area contributed by atoms with Gasteiger partial charge in [-0.2, -0.15) is 0 Å². The van der Waals surface area contributed by atoms with Gasteiger partial charge < -0.3 is 0 Å². The van der Waals surface area contributed by atoms with Crippen molar-refractivity contribution >= 4 is 43.7 Å². The van der Waals surface area contributed by atoms with Crippen molar-refractivity contribution in [2.24, 2.45) is 0 Å². The molecule has 0 N–H and O–H groups in total. The third kappa shape index (κ3) is 2.39. The van der Waals surface area contributed by atoms with E-state index in [1.807, 2.05) is 36.5 Å². The molecule has 0 saturated heterocycles. The van der Waals surface area contributed by atoms with Crippen molar-refractivity contribution in [2.45, 2.75) is 19.3 Å². The molecule has 5 nitrogen and oxygen atoms in total. The van der Waals surface area contributed by atoms with E-state index in [0.29, 0.717) is 5.95 Å². The Bertz CT molecular complexity index is 2030. The SMILES string of the molecule is CC1(C)c2ccccc2-c2ccc3c4c5nccnc5ccc4n(-c4ncc5ccccc5n4)c3c21. The Kier molecular flexibility index (Phi) is 3.67. The van der Waals surface area contributed by atoms with Gasteiger partial charge >= 0.3 is 0 Å². The maximum atomic E-state index is 5.04. The number of hydrogen-bond acceptors (Lipinski definition) is 4. The van der Waals surface area contributed by atoms with Gasteiger partial charge in [0.2, 0.25) is 5.95 Å². The van der Waals surface area contributed by atoms with Crippen molar-refractivity contribution in [2.75, 3.05) is 0 Å². The molecule has 1 aliphatic rings. The van der Waals surface area contributed by atoms with Crippen molar-refractivity contribution < 1.29 is 0 Å². The number of para-hydroxylation sites is 1. The minimum Gasteiger partial charge on any atom is -0.277 e. The van der Waals surface area contributed by atoms with E-state index < -0.39 is 0 Å². The summed E-state index contributed by atoms with van der Waals surface area (Å²) >= 11 is 0. The van der Waals surface area contributed by atoms with Gasteiger partial charge in [0, 0.05) is 40.2 Å². The summed E-state index contributed by atoms with van der Waals surface area (Å²) in [5.74, 6) is 0.664. The second kappa shape index (κ2) is 6.73. The smallest absolute Gasteiger partial charge is 0.235 e. The molecule has 7 aromatic rings. The van der Waals surface area contributed by atoms with E-state index in [4.69, 9.17) is 15.0 Å². The molecule has 0 saturated carbocycles. The molecule has 0 fully saturated rings. The number of benzene rings is 4. The summed E-state index contributed by atoms with van der Waals surface area (Å²) in [6.45, 7) is 4.64. The zero-order valence-electron chi connectivity index (χ0n) is 19.9. The Labute approximate surface area is 207 Å². The maximum Gasteiger partial charge on any atom is 0.235 e. The van der Waals surface area contributed by atoms with Crippen LogP contribution in [0, 0.1) is 0 Å². The van der Waals surface area contributed by atoms with E-state index >= 15 is 0 Å². The first-order chi connectivity index (χ1) is 17.6. The first kappa shape index (κ1) is 19.6. The molecule has 0 bridgehead atoms. The molecular formula is C31H21N5. The summed E-state index contributed by atoms with van der Waals surface area (Å²) in [6, 6.07) is 25.5. The topological polar surface area (TPSA) is 56.5 Å². The monoisotopic (exact) mass is 463 g/mol. The molecule has 0 unspecified atom stereocenters. The highest BCUT2D eigenvalue weighted by Crippen LogP contribution is 2.53. The lowest BCUT2D eigenvalue weighted by molar-refractivity contribution is 0.663. The highest BCUT2D eigenvalue weighted by Gasteiger charge is 2.38. The quantitative estimate of drug-likeness (QED) is 0.264. The minimum absolute atomic E-state index is 0.185. The lowest BCUT2D eigenvalue weighted by Crippen LogP contribution is -2.16. The Hall–Kier alpha value is -4.64. The average molecular weight is 464 g/mol. The van der Waals surface area contributed by atoms with Crippen LogP contribution in [0.4, 0.5) is 0 Å². The van der Waals surface area contributed by atoms with Crippen LogP contribution in [-0.2, 0) is 5.41 Å². The Balaban J connectivity index is 1.61. The van der Waals surface area contributed by atoms with Crippen LogP contribution in [0.2, 0.25) is 0 Å². The van der Waals surface area contributed by atoms with Gasteiger partial charge in [-0.3, -0.25) is 14.5 Å². The fourth-order valence-electron chi connectivity index (χ4n) is 6.16. The number of fused-ring (bicyclic) bond motifs is 10. The standard InChI is InChI=1S/C31H21N5/c1-31(2)22-9-5-4-8-19(22)20-11-12-21-26-25(14-13-24-28(26)33-16-15-32-24)36(29(21)27(20)31)30-34-17-18-7-3-6-10-23(18)35-30/h3-17H,1-2H3. The van der Waals surface area contributed by atoms with Gasteiger partial charge in [-0.1, -0.05) is 68.4 Å². The Morgan fingerprint density at radius 2 is 1.56 bits per heavy atom. The van der Waals surface area contributed by atoms with E-state index in [0.717, 1.165) is 43.7 Å². The van der Waals surface area contributed by atoms with Gasteiger partial charge in [-0.15, -0.1) is 0 Å². The largest absolute Gasteiger partial charge is 0.277 e. The first-order valence-corrected chi connectivity index (χ1v) is 12.2. The van der Waals surface area contributed by atoms with E-state index in [1.165, 1.54) is 22.3 Å². The summed E-state index contributed by atoms with van der Waals surface area (Å²) in [6.07, 6.45) is 5.43. The molecule has 5 heteroatoms. The first-order valence-electron chi connectivity index (χ1n) is 12.2. The van der Waals surface area contributed by atoms with Crippen LogP contribution < -0.4 is 0 Å². The van der Waals surface area contributed by atoms with Crippen molar-refractivity contribution in [1.29, 1.82) is 0 Å². The van der Waals surface area contributed by atoms with Crippen molar-refractivity contribution in [3.05, 3.63) is 103 Å². The van der Waals surface area contributed by atoms with E-state index in [1.54, 1.807) is 12.4 Å². The molecule has 0 amide bonds. The van der Waals surface area contributed by atoms with Crippen LogP contribution in [0.25, 0.3) is 60.8 Å². The van der Waals surface area contributed by atoms with Gasteiger partial charge in [-0.05, 0) is 40.5 Å². The zero-order chi connectivity index (χ0) is 24.0. The molecule has 3 aromatic heterocycles. The number of aromatic nitrogens is 5. The molecule has 0 spiro atoms. The van der Waals surface area contributed by atoms with Gasteiger partial charge in [0.1, 0.15) is 0 Å². The molecule has 170 valence electrons. The predicted molar refractivity (Wildman–Crippen MR) is 145 cm³/mol. The lowest BCUT2D eigenvalue weighted by Gasteiger charge is -2.23. The third-order valence-corrected chi connectivity index (χ3v) is 7.72. The highest BCUT2D eigenvalue weighted by atomic mass is 15.2. The van der Waals surface area contributed by atoms with E-state index in [2.05, 4.69) is 65.9 Å². The molecule has 8 rings (SSSR count). The van der Waals surface area contributed by atoms with Crippen molar-refractivity contribution in [1.82, 2.24) is 24.5 Å². The van der Waals surface area contributed by atoms with Crippen LogP contribution in [0.1, 0.15) is 25.0 Å². The fourth-order valence-corrected chi connectivity index (χ4v) is 6.16. The zero-order valence-corrected chi connectivity index (χ0v) is 19.9. The Morgan fingerprint density at radius 3 is 2.50 bits per heavy atom. The second-order valence-electron chi connectivity index (χ2n) is 10.0. The summed E-state index contributed by atoms with van der Waals surface area (Å²) in [5, 5.41) is 3.26. The van der Waals surface area contributed by atoms with Gasteiger partial charge in [-0.25, -0.2) is 9.97 Å². The summed E-state index contributed by atoms with van der Waals surface area (Å²) in [5.41, 5.74) is 9.89. The molecular weight excluding hydrogens is 442 g/mol. The van der Waals surface area contributed by atoms with Crippen molar-refractivity contribution in [3.63, 3.8) is 0 Å². The summed E-state index contributed by atoms with van der Waals surface area (Å²) in [7, 11) is 0. The van der Waals surface area contributed by atoms with Crippen LogP contribution >= 0.6 is 0 Å². The fraction of sp³-hybridized carbons (Fsp3) is 0.0968. The third-order valence-electron chi connectivity index (χ3n) is 7.72. The predicted octanol–water partition coefficient (Wildman–Crippen LogP) is 6.98. The number of rotatable bonds is 1. The summed E-state index contributed by atoms with van der Waals surface area (Å²) < 4.78 is 2.23. The van der Waals surface area contributed by atoms with Crippen LogP contribution in [0.3, 0.4) is 0 Å². The highest BCUT2D eigenvalue weighted by molar-refractivity contribution is 6.21. The van der Waals surface area contributed by atoms with Gasteiger partial charge in [0.05, 0.1) is 27.6 Å². The molecule has 0 atom stereocenters. The van der Waals surface area contributed by atoms with Crippen LogP contribution in [-0.4, -0.2) is 24.5 Å². The van der Waals surface area contributed by atoms with Crippen LogP contribution in [0.5, 0.6) is 0 Å². The summed E-state index contributed by atoms with van der Waals surface area (Å²) in [4.78, 5) is 19.3. The molecule has 36 heavy (non-hydrogen) atoms. The lowest BCUT2D eigenvalue weighted by atomic mass is 9.81.